The number of amides is 1. The Kier molecular flexibility index (Phi) is 7.60. The smallest absolute Gasteiger partial charge is 0.240 e. The van der Waals surface area contributed by atoms with Crippen LogP contribution in [0.1, 0.15) is 17.0 Å². The van der Waals surface area contributed by atoms with Crippen LogP contribution in [0, 0.1) is 0 Å². The molecule has 0 aliphatic rings. The van der Waals surface area contributed by atoms with Crippen molar-refractivity contribution < 1.29 is 14.3 Å². The Morgan fingerprint density at radius 2 is 1.68 bits per heavy atom. The Morgan fingerprint density at radius 1 is 0.941 bits per heavy atom. The molecule has 0 unspecified atom stereocenters. The van der Waals surface area contributed by atoms with Gasteiger partial charge in [0.05, 0.1) is 35.3 Å². The van der Waals surface area contributed by atoms with E-state index < -0.39 is 0 Å². The van der Waals surface area contributed by atoms with Crippen molar-refractivity contribution >= 4 is 40.1 Å². The number of hydrogen-bond donors (Lipinski definition) is 1. The van der Waals surface area contributed by atoms with Gasteiger partial charge >= 0.3 is 0 Å². The molecule has 1 aromatic heterocycles. The topological polar surface area (TPSA) is 65.4 Å². The molecular formula is C26H25Cl2N3O3. The van der Waals surface area contributed by atoms with Gasteiger partial charge in [-0.1, -0.05) is 59.6 Å². The third-order valence-electron chi connectivity index (χ3n) is 5.56. The number of rotatable bonds is 9. The Labute approximate surface area is 208 Å². The monoisotopic (exact) mass is 497 g/mol. The Balaban J connectivity index is 1.49. The molecule has 4 rings (SSSR count). The summed E-state index contributed by atoms with van der Waals surface area (Å²) in [6, 6.07) is 19.2. The van der Waals surface area contributed by atoms with Gasteiger partial charge in [0.15, 0.2) is 11.5 Å². The average Bonchev–Trinajstić information content (AvgIpc) is 3.15. The zero-order valence-electron chi connectivity index (χ0n) is 19.0. The molecule has 6 nitrogen and oxygen atoms in total. The van der Waals surface area contributed by atoms with Crippen LogP contribution in [0.4, 0.5) is 0 Å². The molecule has 8 heteroatoms. The van der Waals surface area contributed by atoms with Gasteiger partial charge in [-0.05, 0) is 41.8 Å². The van der Waals surface area contributed by atoms with Gasteiger partial charge < -0.3 is 19.4 Å². The summed E-state index contributed by atoms with van der Waals surface area (Å²) in [4.78, 5) is 17.6. The van der Waals surface area contributed by atoms with Gasteiger partial charge in [0.25, 0.3) is 0 Å². The average molecular weight is 498 g/mol. The molecule has 1 amide bonds. The van der Waals surface area contributed by atoms with E-state index in [4.69, 9.17) is 37.7 Å². The number of imidazole rings is 1. The van der Waals surface area contributed by atoms with Gasteiger partial charge in [-0.15, -0.1) is 0 Å². The third-order valence-corrected chi connectivity index (χ3v) is 6.28. The molecule has 0 radical (unpaired) electrons. The lowest BCUT2D eigenvalue weighted by molar-refractivity contribution is -0.121. The third kappa shape index (κ3) is 5.46. The predicted molar refractivity (Wildman–Crippen MR) is 135 cm³/mol. The van der Waals surface area contributed by atoms with E-state index >= 15 is 0 Å². The minimum absolute atomic E-state index is 0.111. The molecule has 176 valence electrons. The maximum absolute atomic E-state index is 12.9. The van der Waals surface area contributed by atoms with Crippen LogP contribution in [-0.2, 0) is 24.2 Å². The fourth-order valence-corrected chi connectivity index (χ4v) is 4.16. The maximum Gasteiger partial charge on any atom is 0.240 e. The first-order chi connectivity index (χ1) is 16.5. The SMILES string of the molecule is COc1ccc(CCNC(=O)Cn2c(Cc3ccccc3)nc3cc(Cl)c(Cl)cc32)cc1OC. The largest absolute Gasteiger partial charge is 0.493 e. The van der Waals surface area contributed by atoms with Crippen LogP contribution in [-0.4, -0.2) is 36.2 Å². The second-order valence-electron chi connectivity index (χ2n) is 7.82. The molecule has 0 atom stereocenters. The number of aromatic nitrogens is 2. The van der Waals surface area contributed by atoms with E-state index in [-0.39, 0.29) is 12.5 Å². The van der Waals surface area contributed by atoms with Gasteiger partial charge in [-0.25, -0.2) is 4.98 Å². The fourth-order valence-electron chi connectivity index (χ4n) is 3.84. The normalized spacial score (nSPS) is 10.9. The predicted octanol–water partition coefficient (Wildman–Crippen LogP) is 5.31. The van der Waals surface area contributed by atoms with E-state index in [2.05, 4.69) is 5.32 Å². The second kappa shape index (κ2) is 10.8. The highest BCUT2D eigenvalue weighted by molar-refractivity contribution is 6.42. The lowest BCUT2D eigenvalue weighted by Gasteiger charge is -2.12. The molecule has 0 saturated heterocycles. The number of ether oxygens (including phenoxy) is 2. The van der Waals surface area contributed by atoms with Crippen molar-refractivity contribution in [1.29, 1.82) is 0 Å². The number of nitrogens with one attached hydrogen (secondary N) is 1. The molecular weight excluding hydrogens is 473 g/mol. The van der Waals surface area contributed by atoms with Crippen LogP contribution >= 0.6 is 23.2 Å². The maximum atomic E-state index is 12.9. The summed E-state index contributed by atoms with van der Waals surface area (Å²) in [5.74, 6) is 2.00. The first kappa shape index (κ1) is 23.9. The van der Waals surface area contributed by atoms with Crippen molar-refractivity contribution in [2.45, 2.75) is 19.4 Å². The van der Waals surface area contributed by atoms with Crippen LogP contribution < -0.4 is 14.8 Å². The van der Waals surface area contributed by atoms with Gasteiger partial charge in [0.2, 0.25) is 5.91 Å². The van der Waals surface area contributed by atoms with Gasteiger partial charge in [0.1, 0.15) is 12.4 Å². The molecule has 1 heterocycles. The van der Waals surface area contributed by atoms with Crippen molar-refractivity contribution in [3.05, 3.63) is 87.7 Å². The number of hydrogen-bond acceptors (Lipinski definition) is 4. The first-order valence-electron chi connectivity index (χ1n) is 10.8. The van der Waals surface area contributed by atoms with E-state index in [0.29, 0.717) is 46.4 Å². The summed E-state index contributed by atoms with van der Waals surface area (Å²) in [6.07, 6.45) is 1.25. The Bertz CT molecular complexity index is 1310. The van der Waals surface area contributed by atoms with Crippen LogP contribution in [0.2, 0.25) is 10.0 Å². The molecule has 0 aliphatic carbocycles. The van der Waals surface area contributed by atoms with Crippen molar-refractivity contribution in [1.82, 2.24) is 14.9 Å². The van der Waals surface area contributed by atoms with Crippen LogP contribution in [0.15, 0.2) is 60.7 Å². The lowest BCUT2D eigenvalue weighted by Crippen LogP contribution is -2.30. The Hall–Kier alpha value is -3.22. The lowest BCUT2D eigenvalue weighted by atomic mass is 10.1. The van der Waals surface area contributed by atoms with Crippen LogP contribution in [0.5, 0.6) is 11.5 Å². The quantitative estimate of drug-likeness (QED) is 0.340. The zero-order chi connectivity index (χ0) is 24.1. The standard InChI is InChI=1S/C26H25Cl2N3O3/c1-33-23-9-8-18(12-24(23)34-2)10-11-29-26(32)16-31-22-15-20(28)19(27)14-21(22)30-25(31)13-17-6-4-3-5-7-17/h3-9,12,14-15H,10-11,13,16H2,1-2H3,(H,29,32). The number of carbonyl (C=O) groups excluding carboxylic acids is 1. The summed E-state index contributed by atoms with van der Waals surface area (Å²) in [7, 11) is 3.20. The van der Waals surface area contributed by atoms with Gasteiger partial charge in [-0.3, -0.25) is 4.79 Å². The molecule has 4 aromatic rings. The van der Waals surface area contributed by atoms with E-state index in [1.165, 1.54) is 0 Å². The molecule has 0 aliphatic heterocycles. The molecule has 0 spiro atoms. The Morgan fingerprint density at radius 3 is 2.41 bits per heavy atom. The molecule has 1 N–H and O–H groups in total. The van der Waals surface area contributed by atoms with E-state index in [9.17, 15) is 4.79 Å². The number of halogens is 2. The van der Waals surface area contributed by atoms with E-state index in [0.717, 1.165) is 22.5 Å². The van der Waals surface area contributed by atoms with E-state index in [1.807, 2.05) is 53.1 Å². The van der Waals surface area contributed by atoms with Gasteiger partial charge in [-0.2, -0.15) is 0 Å². The van der Waals surface area contributed by atoms with Gasteiger partial charge in [0, 0.05) is 13.0 Å². The summed E-state index contributed by atoms with van der Waals surface area (Å²) >= 11 is 12.5. The molecule has 0 bridgehead atoms. The molecule has 0 fully saturated rings. The fraction of sp³-hybridized carbons (Fsp3) is 0.231. The number of methoxy groups -OCH3 is 2. The summed E-state index contributed by atoms with van der Waals surface area (Å²) < 4.78 is 12.5. The first-order valence-corrected chi connectivity index (χ1v) is 11.6. The minimum atomic E-state index is -0.111. The summed E-state index contributed by atoms with van der Waals surface area (Å²) in [6.45, 7) is 0.615. The number of fused-ring (bicyclic) bond motifs is 1. The highest BCUT2D eigenvalue weighted by Gasteiger charge is 2.16. The van der Waals surface area contributed by atoms with Crippen molar-refractivity contribution in [2.75, 3.05) is 20.8 Å². The molecule has 3 aromatic carbocycles. The van der Waals surface area contributed by atoms with Crippen molar-refractivity contribution in [3.63, 3.8) is 0 Å². The van der Waals surface area contributed by atoms with Crippen LogP contribution in [0.3, 0.4) is 0 Å². The number of benzene rings is 3. The highest BCUT2D eigenvalue weighted by atomic mass is 35.5. The summed E-state index contributed by atoms with van der Waals surface area (Å²) in [5.41, 5.74) is 3.62. The summed E-state index contributed by atoms with van der Waals surface area (Å²) in [5, 5.41) is 3.86. The van der Waals surface area contributed by atoms with E-state index in [1.54, 1.807) is 26.4 Å². The zero-order valence-corrected chi connectivity index (χ0v) is 20.5. The number of carbonyl (C=O) groups is 1. The molecule has 34 heavy (non-hydrogen) atoms. The minimum Gasteiger partial charge on any atom is -0.493 e. The van der Waals surface area contributed by atoms with Crippen LogP contribution in [0.25, 0.3) is 11.0 Å². The molecule has 0 saturated carbocycles. The second-order valence-corrected chi connectivity index (χ2v) is 8.64. The van der Waals surface area contributed by atoms with Crippen molar-refractivity contribution in [3.8, 4) is 11.5 Å². The highest BCUT2D eigenvalue weighted by Crippen LogP contribution is 2.29. The van der Waals surface area contributed by atoms with Crippen molar-refractivity contribution in [2.24, 2.45) is 0 Å². The number of nitrogens with zero attached hydrogens (tertiary/aromatic N) is 2.